The highest BCUT2D eigenvalue weighted by Gasteiger charge is 2.20. The molecule has 0 aliphatic carbocycles. The molecule has 150 valence electrons. The molecule has 3 N–H and O–H groups in total. The molecule has 0 fully saturated rings. The summed E-state index contributed by atoms with van der Waals surface area (Å²) in [6.07, 6.45) is -0.880. The van der Waals surface area contributed by atoms with Gasteiger partial charge in [0, 0.05) is 22.7 Å². The second-order valence-electron chi connectivity index (χ2n) is 6.59. The highest BCUT2D eigenvalue weighted by molar-refractivity contribution is 7.17. The van der Waals surface area contributed by atoms with E-state index >= 15 is 0 Å². The van der Waals surface area contributed by atoms with Crippen LogP contribution in [-0.4, -0.2) is 23.6 Å². The van der Waals surface area contributed by atoms with E-state index in [-0.39, 0.29) is 6.42 Å². The Labute approximate surface area is 177 Å². The Balaban J connectivity index is 1.70. The molecule has 0 aliphatic rings. The van der Waals surface area contributed by atoms with Gasteiger partial charge in [-0.25, -0.2) is 4.79 Å². The third kappa shape index (κ3) is 5.90. The minimum atomic E-state index is -0.884. The maximum atomic E-state index is 11.3. The van der Waals surface area contributed by atoms with E-state index in [0.717, 1.165) is 22.3 Å². The van der Waals surface area contributed by atoms with Crippen molar-refractivity contribution in [1.82, 2.24) is 0 Å². The lowest BCUT2D eigenvalue weighted by molar-refractivity contribution is 0.0586. The van der Waals surface area contributed by atoms with Gasteiger partial charge in [0.25, 0.3) is 0 Å². The number of aliphatic hydroxyl groups is 1. The van der Waals surface area contributed by atoms with Crippen LogP contribution in [0.15, 0.2) is 60.7 Å². The SMILES string of the molecule is NC(=O)OC(Cc1ccc(-c2ccc(C=O)s2)cc1)C[C@@H](O)c1cccc(Cl)c1. The zero-order chi connectivity index (χ0) is 20.8. The second kappa shape index (κ2) is 9.69. The zero-order valence-corrected chi connectivity index (χ0v) is 17.0. The Morgan fingerprint density at radius 1 is 1.17 bits per heavy atom. The standard InChI is InChI=1S/C22H20ClNO4S/c23-17-3-1-2-16(11-17)20(26)12-18(28-22(24)27)10-14-4-6-15(7-5-14)21-9-8-19(13-25)29-21/h1-9,11,13,18,20,26H,10,12H2,(H2,24,27)/t18?,20-/m1/s1. The van der Waals surface area contributed by atoms with Crippen LogP contribution in [0.2, 0.25) is 5.02 Å². The fraction of sp³-hybridized carbons (Fsp3) is 0.182. The molecule has 1 unspecified atom stereocenters. The average molecular weight is 430 g/mol. The monoisotopic (exact) mass is 429 g/mol. The predicted molar refractivity (Wildman–Crippen MR) is 114 cm³/mol. The van der Waals surface area contributed by atoms with E-state index in [2.05, 4.69) is 0 Å². The van der Waals surface area contributed by atoms with Crippen LogP contribution in [0.4, 0.5) is 4.79 Å². The molecule has 3 aromatic rings. The number of primary amides is 1. The normalized spacial score (nSPS) is 12.9. The van der Waals surface area contributed by atoms with Crippen LogP contribution >= 0.6 is 22.9 Å². The Morgan fingerprint density at radius 2 is 1.93 bits per heavy atom. The minimum Gasteiger partial charge on any atom is -0.446 e. The number of halogens is 1. The molecule has 0 radical (unpaired) electrons. The number of carbonyl (C=O) groups is 2. The fourth-order valence-corrected chi connectivity index (χ4v) is 4.10. The van der Waals surface area contributed by atoms with E-state index in [4.69, 9.17) is 22.1 Å². The maximum absolute atomic E-state index is 11.3. The lowest BCUT2D eigenvalue weighted by Crippen LogP contribution is -2.26. The van der Waals surface area contributed by atoms with Crippen LogP contribution in [0.5, 0.6) is 0 Å². The van der Waals surface area contributed by atoms with Gasteiger partial charge in [-0.15, -0.1) is 11.3 Å². The van der Waals surface area contributed by atoms with E-state index in [1.807, 2.05) is 30.3 Å². The first-order chi connectivity index (χ1) is 13.9. The highest BCUT2D eigenvalue weighted by atomic mass is 35.5. The third-order valence-corrected chi connectivity index (χ3v) is 5.74. The summed E-state index contributed by atoms with van der Waals surface area (Å²) in [7, 11) is 0. The van der Waals surface area contributed by atoms with Crippen molar-refractivity contribution in [2.75, 3.05) is 0 Å². The van der Waals surface area contributed by atoms with Crippen LogP contribution in [0.1, 0.15) is 33.3 Å². The number of carbonyl (C=O) groups excluding carboxylic acids is 2. The topological polar surface area (TPSA) is 89.6 Å². The highest BCUT2D eigenvalue weighted by Crippen LogP contribution is 2.28. The fourth-order valence-electron chi connectivity index (χ4n) is 3.08. The van der Waals surface area contributed by atoms with E-state index in [0.29, 0.717) is 21.9 Å². The molecule has 0 bridgehead atoms. The van der Waals surface area contributed by atoms with Gasteiger partial charge in [0.1, 0.15) is 6.10 Å². The Bertz CT molecular complexity index is 986. The molecule has 7 heteroatoms. The number of aliphatic hydroxyl groups excluding tert-OH is 1. The molecule has 3 rings (SSSR count). The van der Waals surface area contributed by atoms with Gasteiger partial charge >= 0.3 is 6.09 Å². The van der Waals surface area contributed by atoms with Gasteiger partial charge in [0.15, 0.2) is 6.29 Å². The van der Waals surface area contributed by atoms with Gasteiger partial charge in [-0.3, -0.25) is 4.79 Å². The van der Waals surface area contributed by atoms with Crippen molar-refractivity contribution >= 4 is 35.3 Å². The number of nitrogens with two attached hydrogens (primary N) is 1. The molecule has 0 spiro atoms. The van der Waals surface area contributed by atoms with Gasteiger partial charge < -0.3 is 15.6 Å². The molecule has 5 nitrogen and oxygen atoms in total. The van der Waals surface area contributed by atoms with Crippen molar-refractivity contribution in [2.24, 2.45) is 5.73 Å². The van der Waals surface area contributed by atoms with E-state index in [9.17, 15) is 14.7 Å². The quantitative estimate of drug-likeness (QED) is 0.492. The van der Waals surface area contributed by atoms with E-state index < -0.39 is 18.3 Å². The first-order valence-electron chi connectivity index (χ1n) is 8.98. The molecule has 0 saturated carbocycles. The number of hydrogen-bond acceptors (Lipinski definition) is 5. The summed E-state index contributed by atoms with van der Waals surface area (Å²) in [6.45, 7) is 0. The second-order valence-corrected chi connectivity index (χ2v) is 8.14. The Kier molecular flexibility index (Phi) is 7.04. The average Bonchev–Trinajstić information content (AvgIpc) is 3.17. The number of amides is 1. The van der Waals surface area contributed by atoms with Crippen LogP contribution in [0, 0.1) is 0 Å². The van der Waals surface area contributed by atoms with Crippen molar-refractivity contribution in [3.63, 3.8) is 0 Å². The lowest BCUT2D eigenvalue weighted by atomic mass is 9.98. The molecule has 0 aliphatic heterocycles. The number of hydrogen-bond donors (Lipinski definition) is 2. The van der Waals surface area contributed by atoms with Crippen LogP contribution in [0.25, 0.3) is 10.4 Å². The van der Waals surface area contributed by atoms with Crippen molar-refractivity contribution in [3.05, 3.63) is 81.7 Å². The summed E-state index contributed by atoms with van der Waals surface area (Å²) in [5, 5.41) is 11.0. The molecule has 1 amide bonds. The molecule has 0 saturated heterocycles. The number of aldehydes is 1. The van der Waals surface area contributed by atoms with Crippen LogP contribution in [0.3, 0.4) is 0 Å². The third-order valence-electron chi connectivity index (χ3n) is 4.45. The summed E-state index contributed by atoms with van der Waals surface area (Å²) in [5.74, 6) is 0. The molecule has 2 atom stereocenters. The molecule has 1 aromatic heterocycles. The Hall–Kier alpha value is -2.67. The zero-order valence-electron chi connectivity index (χ0n) is 15.5. The largest absolute Gasteiger partial charge is 0.446 e. The first-order valence-corrected chi connectivity index (χ1v) is 10.2. The van der Waals surface area contributed by atoms with Gasteiger partial charge in [-0.2, -0.15) is 0 Å². The summed E-state index contributed by atoms with van der Waals surface area (Å²) in [6, 6.07) is 18.4. The smallest absolute Gasteiger partial charge is 0.404 e. The van der Waals surface area contributed by atoms with Crippen molar-refractivity contribution < 1.29 is 19.4 Å². The summed E-state index contributed by atoms with van der Waals surface area (Å²) >= 11 is 7.40. The predicted octanol–water partition coefficient (Wildman–Crippen LogP) is 5.01. The molecular formula is C22H20ClNO4S. The van der Waals surface area contributed by atoms with Crippen molar-refractivity contribution in [1.29, 1.82) is 0 Å². The summed E-state index contributed by atoms with van der Waals surface area (Å²) in [5.41, 5.74) is 7.79. The number of rotatable bonds is 8. The summed E-state index contributed by atoms with van der Waals surface area (Å²) in [4.78, 5) is 23.8. The van der Waals surface area contributed by atoms with Gasteiger partial charge in [-0.1, -0.05) is 48.0 Å². The van der Waals surface area contributed by atoms with E-state index in [1.165, 1.54) is 11.3 Å². The molecule has 1 heterocycles. The number of thiophene rings is 1. The molecule has 2 aromatic carbocycles. The van der Waals surface area contributed by atoms with Gasteiger partial charge in [0.2, 0.25) is 0 Å². The molecule has 29 heavy (non-hydrogen) atoms. The number of benzene rings is 2. The molecular weight excluding hydrogens is 410 g/mol. The van der Waals surface area contributed by atoms with Crippen LogP contribution < -0.4 is 5.73 Å². The van der Waals surface area contributed by atoms with Gasteiger partial charge in [0.05, 0.1) is 11.0 Å². The van der Waals surface area contributed by atoms with Crippen molar-refractivity contribution in [3.8, 4) is 10.4 Å². The number of ether oxygens (including phenoxy) is 1. The van der Waals surface area contributed by atoms with E-state index in [1.54, 1.807) is 30.3 Å². The summed E-state index contributed by atoms with van der Waals surface area (Å²) < 4.78 is 5.22. The van der Waals surface area contributed by atoms with Gasteiger partial charge in [-0.05, 0) is 41.0 Å². The first kappa shape index (κ1) is 21.0. The Morgan fingerprint density at radius 3 is 2.55 bits per heavy atom. The maximum Gasteiger partial charge on any atom is 0.404 e. The lowest BCUT2D eigenvalue weighted by Gasteiger charge is -2.20. The van der Waals surface area contributed by atoms with Crippen LogP contribution in [-0.2, 0) is 11.2 Å². The van der Waals surface area contributed by atoms with Crippen molar-refractivity contribution in [2.45, 2.75) is 25.0 Å². The minimum absolute atomic E-state index is 0.193.